The molecule has 118 valence electrons. The minimum Gasteiger partial charge on any atom is -0.463 e. The van der Waals surface area contributed by atoms with Gasteiger partial charge < -0.3 is 8.92 Å². The summed E-state index contributed by atoms with van der Waals surface area (Å²) in [5, 5.41) is 3.23. The van der Waals surface area contributed by atoms with Crippen LogP contribution in [0.2, 0.25) is 0 Å². The lowest BCUT2D eigenvalue weighted by atomic mass is 10.2. The first-order valence-corrected chi connectivity index (χ1v) is 7.90. The normalized spacial score (nSPS) is 13.0. The number of carbonyl (C=O) groups excluding carboxylic acids is 1. The second kappa shape index (κ2) is 6.94. The van der Waals surface area contributed by atoms with E-state index in [9.17, 15) is 26.4 Å². The fraction of sp³-hybridized carbons (Fsp3) is 0.364. The Balaban J connectivity index is 3.00. The predicted molar refractivity (Wildman–Crippen MR) is 68.8 cm³/mol. The van der Waals surface area contributed by atoms with Crippen molar-refractivity contribution in [3.63, 3.8) is 0 Å². The summed E-state index contributed by atoms with van der Waals surface area (Å²) in [6.45, 7) is 1.49. The SMILES string of the molecule is CCOC(=O)C=C(Cc1ccsc1)OS(=O)(=O)C(F)(F)F. The number of esters is 1. The van der Waals surface area contributed by atoms with Crippen molar-refractivity contribution in [2.75, 3.05) is 6.61 Å². The van der Waals surface area contributed by atoms with Crippen LogP contribution in [0.3, 0.4) is 0 Å². The van der Waals surface area contributed by atoms with Gasteiger partial charge in [0.15, 0.2) is 0 Å². The van der Waals surface area contributed by atoms with Gasteiger partial charge in [-0.2, -0.15) is 32.9 Å². The summed E-state index contributed by atoms with van der Waals surface area (Å²) in [6.07, 6.45) is 0.308. The van der Waals surface area contributed by atoms with Crippen molar-refractivity contribution >= 4 is 27.4 Å². The van der Waals surface area contributed by atoms with E-state index in [2.05, 4.69) is 8.92 Å². The van der Waals surface area contributed by atoms with Gasteiger partial charge in [-0.05, 0) is 29.3 Å². The van der Waals surface area contributed by atoms with Crippen LogP contribution in [-0.2, 0) is 30.3 Å². The van der Waals surface area contributed by atoms with Crippen LogP contribution in [0.1, 0.15) is 12.5 Å². The van der Waals surface area contributed by atoms with E-state index >= 15 is 0 Å². The average molecular weight is 344 g/mol. The zero-order valence-electron chi connectivity index (χ0n) is 10.7. The van der Waals surface area contributed by atoms with E-state index in [0.29, 0.717) is 11.6 Å². The number of ether oxygens (including phenoxy) is 1. The van der Waals surface area contributed by atoms with Crippen LogP contribution in [0.25, 0.3) is 0 Å². The Labute approximate surface area is 123 Å². The first-order chi connectivity index (χ1) is 9.65. The van der Waals surface area contributed by atoms with Crippen molar-refractivity contribution in [2.45, 2.75) is 18.9 Å². The molecule has 10 heteroatoms. The molecular formula is C11H11F3O5S2. The predicted octanol–water partition coefficient (Wildman–Crippen LogP) is 2.60. The van der Waals surface area contributed by atoms with Gasteiger partial charge in [-0.25, -0.2) is 4.79 Å². The molecule has 0 aliphatic carbocycles. The molecule has 0 aliphatic heterocycles. The molecule has 1 aromatic rings. The van der Waals surface area contributed by atoms with E-state index in [1.54, 1.807) is 16.8 Å². The van der Waals surface area contributed by atoms with Crippen molar-refractivity contribution in [2.24, 2.45) is 0 Å². The van der Waals surface area contributed by atoms with Crippen LogP contribution >= 0.6 is 11.3 Å². The maximum Gasteiger partial charge on any atom is 0.534 e. The van der Waals surface area contributed by atoms with Crippen molar-refractivity contribution in [3.05, 3.63) is 34.2 Å². The lowest BCUT2D eigenvalue weighted by Gasteiger charge is -2.12. The number of alkyl halides is 3. The van der Waals surface area contributed by atoms with E-state index in [4.69, 9.17) is 0 Å². The molecular weight excluding hydrogens is 333 g/mol. The maximum atomic E-state index is 12.3. The fourth-order valence-corrected chi connectivity index (χ4v) is 2.35. The standard InChI is InChI=1S/C11H11F3O5S2/c1-2-18-10(15)6-9(5-8-3-4-20-7-8)19-21(16,17)11(12,13)14/h3-4,6-7H,2,5H2,1H3. The third-order valence-electron chi connectivity index (χ3n) is 2.02. The Kier molecular flexibility index (Phi) is 5.78. The summed E-state index contributed by atoms with van der Waals surface area (Å²) in [6, 6.07) is 1.56. The molecule has 5 nitrogen and oxygen atoms in total. The van der Waals surface area contributed by atoms with Gasteiger partial charge in [0.2, 0.25) is 0 Å². The van der Waals surface area contributed by atoms with Crippen LogP contribution in [0.4, 0.5) is 13.2 Å². The van der Waals surface area contributed by atoms with Gasteiger partial charge in [0.1, 0.15) is 5.76 Å². The van der Waals surface area contributed by atoms with Gasteiger partial charge in [0.25, 0.3) is 0 Å². The molecule has 0 aliphatic rings. The van der Waals surface area contributed by atoms with Crippen molar-refractivity contribution in [1.82, 2.24) is 0 Å². The number of thiophene rings is 1. The molecule has 0 saturated heterocycles. The van der Waals surface area contributed by atoms with Crippen molar-refractivity contribution in [1.29, 1.82) is 0 Å². The first-order valence-electron chi connectivity index (χ1n) is 5.55. The molecule has 0 amide bonds. The zero-order chi connectivity index (χ0) is 16.1. The first kappa shape index (κ1) is 17.5. The molecule has 0 unspecified atom stereocenters. The van der Waals surface area contributed by atoms with Crippen molar-refractivity contribution < 1.29 is 35.3 Å². The van der Waals surface area contributed by atoms with Crippen LogP contribution in [-0.4, -0.2) is 26.5 Å². The number of hydrogen-bond acceptors (Lipinski definition) is 6. The van der Waals surface area contributed by atoms with Gasteiger partial charge in [-0.3, -0.25) is 0 Å². The van der Waals surface area contributed by atoms with E-state index in [-0.39, 0.29) is 13.0 Å². The Morgan fingerprint density at radius 2 is 2.10 bits per heavy atom. The second-order valence-electron chi connectivity index (χ2n) is 3.65. The molecule has 1 heterocycles. The number of carbonyl (C=O) groups is 1. The lowest BCUT2D eigenvalue weighted by Crippen LogP contribution is -2.26. The van der Waals surface area contributed by atoms with Crippen LogP contribution in [0, 0.1) is 0 Å². The Morgan fingerprint density at radius 1 is 1.43 bits per heavy atom. The highest BCUT2D eigenvalue weighted by atomic mass is 32.2. The number of allylic oxidation sites excluding steroid dienone is 1. The molecule has 1 aromatic heterocycles. The van der Waals surface area contributed by atoms with Gasteiger partial charge in [0.05, 0.1) is 12.7 Å². The van der Waals surface area contributed by atoms with Crippen LogP contribution in [0.5, 0.6) is 0 Å². The summed E-state index contributed by atoms with van der Waals surface area (Å²) in [7, 11) is -5.83. The Bertz CT molecular complexity index is 602. The fourth-order valence-electron chi connectivity index (χ4n) is 1.20. The highest BCUT2D eigenvalue weighted by molar-refractivity contribution is 7.87. The summed E-state index contributed by atoms with van der Waals surface area (Å²) in [5.74, 6) is -1.65. The van der Waals surface area contributed by atoms with E-state index < -0.39 is 27.4 Å². The lowest BCUT2D eigenvalue weighted by molar-refractivity contribution is -0.137. The van der Waals surface area contributed by atoms with Gasteiger partial charge in [0, 0.05) is 6.42 Å². The van der Waals surface area contributed by atoms with Crippen LogP contribution < -0.4 is 0 Å². The number of hydrogen-bond donors (Lipinski definition) is 0. The molecule has 0 aromatic carbocycles. The van der Waals surface area contributed by atoms with Gasteiger partial charge >= 0.3 is 21.6 Å². The van der Waals surface area contributed by atoms with E-state index in [0.717, 1.165) is 0 Å². The molecule has 0 fully saturated rings. The molecule has 21 heavy (non-hydrogen) atoms. The monoisotopic (exact) mass is 344 g/mol. The number of halogens is 3. The topological polar surface area (TPSA) is 69.7 Å². The molecule has 0 spiro atoms. The molecule has 0 atom stereocenters. The minimum atomic E-state index is -5.83. The Hall–Kier alpha value is -1.55. The van der Waals surface area contributed by atoms with E-state index in [1.165, 1.54) is 18.3 Å². The van der Waals surface area contributed by atoms with Crippen LogP contribution in [0.15, 0.2) is 28.7 Å². The van der Waals surface area contributed by atoms with Gasteiger partial charge in [-0.15, -0.1) is 0 Å². The summed E-state index contributed by atoms with van der Waals surface area (Å²) in [5.41, 5.74) is -5.07. The third-order valence-corrected chi connectivity index (χ3v) is 3.76. The largest absolute Gasteiger partial charge is 0.534 e. The zero-order valence-corrected chi connectivity index (χ0v) is 12.3. The minimum absolute atomic E-state index is 0.00686. The summed E-state index contributed by atoms with van der Waals surface area (Å²) in [4.78, 5) is 11.3. The smallest absolute Gasteiger partial charge is 0.463 e. The third kappa shape index (κ3) is 5.38. The van der Waals surface area contributed by atoms with Gasteiger partial charge in [-0.1, -0.05) is 0 Å². The Morgan fingerprint density at radius 3 is 2.57 bits per heavy atom. The summed E-state index contributed by atoms with van der Waals surface area (Å²) >= 11 is 1.26. The molecule has 0 N–H and O–H groups in total. The maximum absolute atomic E-state index is 12.3. The highest BCUT2D eigenvalue weighted by Gasteiger charge is 2.48. The quantitative estimate of drug-likeness (QED) is 0.261. The van der Waals surface area contributed by atoms with Crippen molar-refractivity contribution in [3.8, 4) is 0 Å². The van der Waals surface area contributed by atoms with E-state index in [1.807, 2.05) is 0 Å². The average Bonchev–Trinajstić information content (AvgIpc) is 2.79. The molecule has 1 rings (SSSR count). The number of rotatable bonds is 6. The molecule has 0 saturated carbocycles. The highest BCUT2D eigenvalue weighted by Crippen LogP contribution is 2.27. The molecule has 0 radical (unpaired) electrons. The summed E-state index contributed by atoms with van der Waals surface area (Å²) < 4.78 is 67.4. The second-order valence-corrected chi connectivity index (χ2v) is 5.97. The molecule has 0 bridgehead atoms.